The lowest BCUT2D eigenvalue weighted by Gasteiger charge is -2.44. The number of carbonyl (C=O) groups is 1. The van der Waals surface area contributed by atoms with Gasteiger partial charge in [-0.15, -0.1) is 0 Å². The van der Waals surface area contributed by atoms with Crippen LogP contribution in [0.3, 0.4) is 0 Å². The average Bonchev–Trinajstić information content (AvgIpc) is 3.41. The standard InChI is InChI=1S/C34H37N3O2/c1-5-36-22-30(21-35-36)28-13-16-32-29(20-28)19-24(4)37(31-14-8-26(9-15-31)18-23(2)3)34(32)27-11-6-25(7-12-27)10-17-33(38)39/h6-17,20-24,34H,5,18-19H2,1-4H3,(H,38,39)/b17-10+/t24-,34-/m0/s1. The predicted octanol–water partition coefficient (Wildman–Crippen LogP) is 7.41. The van der Waals surface area contributed by atoms with Gasteiger partial charge in [0, 0.05) is 36.1 Å². The summed E-state index contributed by atoms with van der Waals surface area (Å²) in [4.78, 5) is 13.5. The van der Waals surface area contributed by atoms with Crippen molar-refractivity contribution in [2.24, 2.45) is 5.92 Å². The molecule has 0 unspecified atom stereocenters. The number of aryl methyl sites for hydroxylation is 1. The first kappa shape index (κ1) is 26.5. The fourth-order valence-corrected chi connectivity index (χ4v) is 5.71. The maximum absolute atomic E-state index is 11.0. The Labute approximate surface area is 231 Å². The van der Waals surface area contributed by atoms with Gasteiger partial charge in [0.2, 0.25) is 0 Å². The van der Waals surface area contributed by atoms with E-state index in [0.717, 1.165) is 30.5 Å². The van der Waals surface area contributed by atoms with E-state index in [1.807, 2.05) is 23.0 Å². The molecule has 0 fully saturated rings. The highest BCUT2D eigenvalue weighted by molar-refractivity contribution is 5.85. The number of hydrogen-bond donors (Lipinski definition) is 1. The summed E-state index contributed by atoms with van der Waals surface area (Å²) < 4.78 is 1.96. The van der Waals surface area contributed by atoms with E-state index < -0.39 is 5.97 Å². The third kappa shape index (κ3) is 5.83. The van der Waals surface area contributed by atoms with Gasteiger partial charge in [0.15, 0.2) is 0 Å². The Balaban J connectivity index is 1.57. The highest BCUT2D eigenvalue weighted by Crippen LogP contribution is 2.42. The van der Waals surface area contributed by atoms with Crippen molar-refractivity contribution in [3.63, 3.8) is 0 Å². The Morgan fingerprint density at radius 3 is 2.44 bits per heavy atom. The average molecular weight is 520 g/mol. The maximum atomic E-state index is 11.0. The van der Waals surface area contributed by atoms with E-state index in [0.29, 0.717) is 12.0 Å². The normalized spacial score (nSPS) is 17.1. The molecule has 39 heavy (non-hydrogen) atoms. The number of nitrogens with zero attached hydrogens (tertiary/aromatic N) is 3. The number of aromatic nitrogens is 2. The van der Waals surface area contributed by atoms with Crippen LogP contribution in [0.1, 0.15) is 61.6 Å². The Morgan fingerprint density at radius 1 is 1.05 bits per heavy atom. The van der Waals surface area contributed by atoms with E-state index in [1.54, 1.807) is 6.08 Å². The maximum Gasteiger partial charge on any atom is 0.328 e. The number of rotatable bonds is 8. The number of carboxylic acid groups (broad SMARTS) is 1. The summed E-state index contributed by atoms with van der Waals surface area (Å²) in [6.45, 7) is 9.77. The largest absolute Gasteiger partial charge is 0.478 e. The molecule has 0 bridgehead atoms. The predicted molar refractivity (Wildman–Crippen MR) is 159 cm³/mol. The monoisotopic (exact) mass is 519 g/mol. The molecule has 5 rings (SSSR count). The van der Waals surface area contributed by atoms with E-state index in [1.165, 1.54) is 39.6 Å². The highest BCUT2D eigenvalue weighted by atomic mass is 16.4. The number of carboxylic acids is 1. The number of aliphatic carboxylic acids is 1. The number of fused-ring (bicyclic) bond motifs is 1. The van der Waals surface area contributed by atoms with Crippen LogP contribution < -0.4 is 4.90 Å². The van der Waals surface area contributed by atoms with Crippen molar-refractivity contribution in [2.75, 3.05) is 4.90 Å². The SMILES string of the molecule is CCn1cc(-c2ccc3c(c2)C[C@H](C)N(c2ccc(CC(C)C)cc2)[C@H]3c2ccc(/C=C/C(=O)O)cc2)cn1. The molecule has 0 spiro atoms. The summed E-state index contributed by atoms with van der Waals surface area (Å²) in [6, 6.07) is 24.5. The molecule has 1 aliphatic heterocycles. The van der Waals surface area contributed by atoms with Crippen LogP contribution in [0.4, 0.5) is 5.69 Å². The Hall–Kier alpha value is -4.12. The van der Waals surface area contributed by atoms with Gasteiger partial charge in [-0.2, -0.15) is 5.10 Å². The van der Waals surface area contributed by atoms with Crippen LogP contribution in [0.5, 0.6) is 0 Å². The molecule has 1 N–H and O–H groups in total. The summed E-state index contributed by atoms with van der Waals surface area (Å²) >= 11 is 0. The van der Waals surface area contributed by atoms with Crippen LogP contribution in [0, 0.1) is 5.92 Å². The zero-order valence-corrected chi connectivity index (χ0v) is 23.2. The van der Waals surface area contributed by atoms with Crippen LogP contribution in [-0.4, -0.2) is 26.9 Å². The van der Waals surface area contributed by atoms with Gasteiger partial charge in [-0.05, 0) is 84.2 Å². The molecule has 1 aromatic heterocycles. The highest BCUT2D eigenvalue weighted by Gasteiger charge is 2.33. The first-order valence-electron chi connectivity index (χ1n) is 13.9. The smallest absolute Gasteiger partial charge is 0.328 e. The molecule has 3 aromatic carbocycles. The van der Waals surface area contributed by atoms with Crippen LogP contribution in [-0.2, 0) is 24.2 Å². The molecule has 4 aromatic rings. The van der Waals surface area contributed by atoms with Gasteiger partial charge < -0.3 is 10.0 Å². The lowest BCUT2D eigenvalue weighted by Crippen LogP contribution is -2.42. The van der Waals surface area contributed by atoms with Crippen LogP contribution >= 0.6 is 0 Å². The zero-order valence-electron chi connectivity index (χ0n) is 23.2. The van der Waals surface area contributed by atoms with Gasteiger partial charge >= 0.3 is 5.97 Å². The molecule has 2 heterocycles. The van der Waals surface area contributed by atoms with E-state index in [4.69, 9.17) is 5.11 Å². The third-order valence-electron chi connectivity index (χ3n) is 7.55. The molecule has 2 atom stereocenters. The van der Waals surface area contributed by atoms with Crippen molar-refractivity contribution >= 4 is 17.7 Å². The van der Waals surface area contributed by atoms with Gasteiger partial charge in [-0.25, -0.2) is 4.79 Å². The molecule has 0 saturated heterocycles. The molecule has 5 nitrogen and oxygen atoms in total. The molecular weight excluding hydrogens is 482 g/mol. The van der Waals surface area contributed by atoms with Crippen molar-refractivity contribution in [3.05, 3.63) is 113 Å². The quantitative estimate of drug-likeness (QED) is 0.246. The van der Waals surface area contributed by atoms with Crippen LogP contribution in [0.2, 0.25) is 0 Å². The second-order valence-corrected chi connectivity index (χ2v) is 11.0. The van der Waals surface area contributed by atoms with E-state index in [2.05, 4.69) is 98.5 Å². The van der Waals surface area contributed by atoms with Crippen molar-refractivity contribution in [1.82, 2.24) is 9.78 Å². The number of hydrogen-bond acceptors (Lipinski definition) is 3. The van der Waals surface area contributed by atoms with Crippen molar-refractivity contribution < 1.29 is 9.90 Å². The first-order valence-corrected chi connectivity index (χ1v) is 13.9. The van der Waals surface area contributed by atoms with E-state index in [-0.39, 0.29) is 6.04 Å². The molecule has 0 aliphatic carbocycles. The fourth-order valence-electron chi connectivity index (χ4n) is 5.71. The molecule has 0 saturated carbocycles. The van der Waals surface area contributed by atoms with Crippen molar-refractivity contribution in [2.45, 2.75) is 59.2 Å². The lowest BCUT2D eigenvalue weighted by molar-refractivity contribution is -0.131. The summed E-state index contributed by atoms with van der Waals surface area (Å²) in [7, 11) is 0. The summed E-state index contributed by atoms with van der Waals surface area (Å²) in [5.74, 6) is -0.321. The molecule has 200 valence electrons. The van der Waals surface area contributed by atoms with Crippen molar-refractivity contribution in [1.29, 1.82) is 0 Å². The topological polar surface area (TPSA) is 58.4 Å². The molecular formula is C34H37N3O2. The fraction of sp³-hybridized carbons (Fsp3) is 0.294. The summed E-state index contributed by atoms with van der Waals surface area (Å²) in [5.41, 5.74) is 9.64. The van der Waals surface area contributed by atoms with Gasteiger partial charge in [0.1, 0.15) is 0 Å². The second kappa shape index (κ2) is 11.3. The first-order chi connectivity index (χ1) is 18.8. The Bertz CT molecular complexity index is 1470. The van der Waals surface area contributed by atoms with E-state index >= 15 is 0 Å². The lowest BCUT2D eigenvalue weighted by atomic mass is 9.83. The Morgan fingerprint density at radius 2 is 1.79 bits per heavy atom. The number of benzene rings is 3. The number of anilines is 1. The summed E-state index contributed by atoms with van der Waals surface area (Å²) in [5, 5.41) is 13.5. The van der Waals surface area contributed by atoms with Gasteiger partial charge in [0.05, 0.1) is 12.2 Å². The molecule has 0 radical (unpaired) electrons. The van der Waals surface area contributed by atoms with Crippen LogP contribution in [0.15, 0.2) is 85.2 Å². The molecule has 1 aliphatic rings. The minimum Gasteiger partial charge on any atom is -0.478 e. The Kier molecular flexibility index (Phi) is 7.69. The van der Waals surface area contributed by atoms with Gasteiger partial charge in [-0.1, -0.05) is 68.4 Å². The van der Waals surface area contributed by atoms with Crippen LogP contribution in [0.25, 0.3) is 17.2 Å². The minimum atomic E-state index is -0.943. The summed E-state index contributed by atoms with van der Waals surface area (Å²) in [6.07, 6.45) is 8.90. The minimum absolute atomic E-state index is 0.0459. The third-order valence-corrected chi connectivity index (χ3v) is 7.55. The molecule has 0 amide bonds. The van der Waals surface area contributed by atoms with Crippen molar-refractivity contribution in [3.8, 4) is 11.1 Å². The zero-order chi connectivity index (χ0) is 27.5. The second-order valence-electron chi connectivity index (χ2n) is 11.0. The molecule has 5 heteroatoms. The van der Waals surface area contributed by atoms with Gasteiger partial charge in [0.25, 0.3) is 0 Å². The van der Waals surface area contributed by atoms with E-state index in [9.17, 15) is 4.79 Å². The van der Waals surface area contributed by atoms with Gasteiger partial charge in [-0.3, -0.25) is 4.68 Å².